The molecule has 0 aromatic carbocycles. The summed E-state index contributed by atoms with van der Waals surface area (Å²) in [7, 11) is 0. The van der Waals surface area contributed by atoms with Gasteiger partial charge in [-0.2, -0.15) is 0 Å². The Morgan fingerprint density at radius 1 is 1.25 bits per heavy atom. The molecule has 0 saturated carbocycles. The van der Waals surface area contributed by atoms with Crippen molar-refractivity contribution in [3.05, 3.63) is 36.3 Å². The first-order chi connectivity index (χ1) is 9.31. The van der Waals surface area contributed by atoms with Crippen molar-refractivity contribution < 1.29 is 9.59 Å². The molecular formula is C12H10Cl2N2O2S2. The fourth-order valence-electron chi connectivity index (χ4n) is 1.68. The van der Waals surface area contributed by atoms with Gasteiger partial charge in [0.15, 0.2) is 0 Å². The van der Waals surface area contributed by atoms with Crippen molar-refractivity contribution in [2.24, 2.45) is 5.73 Å². The Morgan fingerprint density at radius 2 is 1.90 bits per heavy atom. The van der Waals surface area contributed by atoms with Gasteiger partial charge in [-0.05, 0) is 25.5 Å². The summed E-state index contributed by atoms with van der Waals surface area (Å²) in [5.41, 5.74) is 6.73. The van der Waals surface area contributed by atoms with Crippen LogP contribution in [0.3, 0.4) is 0 Å². The van der Waals surface area contributed by atoms with E-state index in [4.69, 9.17) is 28.9 Å². The molecule has 0 atom stereocenters. The first kappa shape index (κ1) is 15.3. The number of carbonyl (C=O) groups excluding carboxylic acids is 2. The molecule has 2 aromatic heterocycles. The number of carbonyl (C=O) groups is 2. The molecule has 0 fully saturated rings. The standard InChI is InChI=1S/C12H10Cl2N2O2S2/c1-4-5(2)19-12(8(4)10(15)17)16-11(18)6-3-7(13)20-9(6)14/h3H,1-2H3,(H2,15,17)(H,16,18). The first-order valence-electron chi connectivity index (χ1n) is 5.47. The molecular weight excluding hydrogens is 339 g/mol. The minimum absolute atomic E-state index is 0.279. The molecule has 4 nitrogen and oxygen atoms in total. The summed E-state index contributed by atoms with van der Waals surface area (Å²) in [4.78, 5) is 24.5. The molecule has 3 N–H and O–H groups in total. The van der Waals surface area contributed by atoms with Crippen molar-refractivity contribution in [1.82, 2.24) is 0 Å². The smallest absolute Gasteiger partial charge is 0.258 e. The lowest BCUT2D eigenvalue weighted by atomic mass is 10.1. The molecule has 0 saturated heterocycles. The summed E-state index contributed by atoms with van der Waals surface area (Å²) >= 11 is 14.1. The van der Waals surface area contributed by atoms with E-state index in [1.165, 1.54) is 17.4 Å². The maximum absolute atomic E-state index is 12.2. The molecule has 2 amide bonds. The van der Waals surface area contributed by atoms with E-state index in [1.54, 1.807) is 6.92 Å². The van der Waals surface area contributed by atoms with Crippen molar-refractivity contribution in [3.8, 4) is 0 Å². The highest BCUT2D eigenvalue weighted by Crippen LogP contribution is 2.35. The predicted octanol–water partition coefficient (Wildman–Crippen LogP) is 4.08. The lowest BCUT2D eigenvalue weighted by molar-refractivity contribution is 0.100. The fraction of sp³-hybridized carbons (Fsp3) is 0.167. The minimum atomic E-state index is -0.573. The maximum atomic E-state index is 12.2. The third-order valence-electron chi connectivity index (χ3n) is 2.76. The van der Waals surface area contributed by atoms with Gasteiger partial charge in [-0.15, -0.1) is 22.7 Å². The normalized spacial score (nSPS) is 10.6. The zero-order chi connectivity index (χ0) is 15.0. The van der Waals surface area contributed by atoms with E-state index in [2.05, 4.69) is 5.32 Å². The topological polar surface area (TPSA) is 72.2 Å². The highest BCUT2D eigenvalue weighted by Gasteiger charge is 2.21. The van der Waals surface area contributed by atoms with Crippen LogP contribution < -0.4 is 11.1 Å². The SMILES string of the molecule is Cc1sc(NC(=O)c2cc(Cl)sc2Cl)c(C(N)=O)c1C. The summed E-state index contributed by atoms with van der Waals surface area (Å²) in [6.07, 6.45) is 0. The summed E-state index contributed by atoms with van der Waals surface area (Å²) in [5.74, 6) is -0.988. The number of amides is 2. The zero-order valence-electron chi connectivity index (χ0n) is 10.5. The Balaban J connectivity index is 2.35. The summed E-state index contributed by atoms with van der Waals surface area (Å²) in [6, 6.07) is 1.49. The van der Waals surface area contributed by atoms with Crippen LogP contribution in [-0.2, 0) is 0 Å². The van der Waals surface area contributed by atoms with Crippen LogP contribution in [0.15, 0.2) is 6.07 Å². The van der Waals surface area contributed by atoms with Crippen LogP contribution >= 0.6 is 45.9 Å². The Kier molecular flexibility index (Phi) is 4.39. The van der Waals surface area contributed by atoms with Crippen LogP contribution in [0.25, 0.3) is 0 Å². The third-order valence-corrected chi connectivity index (χ3v) is 5.37. The van der Waals surface area contributed by atoms with Gasteiger partial charge in [0.1, 0.15) is 9.34 Å². The molecule has 8 heteroatoms. The van der Waals surface area contributed by atoms with Gasteiger partial charge in [-0.25, -0.2) is 0 Å². The van der Waals surface area contributed by atoms with Crippen molar-refractivity contribution in [1.29, 1.82) is 0 Å². The number of rotatable bonds is 3. The van der Waals surface area contributed by atoms with Gasteiger partial charge in [0.25, 0.3) is 11.8 Å². The number of aryl methyl sites for hydroxylation is 1. The van der Waals surface area contributed by atoms with E-state index >= 15 is 0 Å². The molecule has 0 spiro atoms. The van der Waals surface area contributed by atoms with Gasteiger partial charge in [-0.1, -0.05) is 23.2 Å². The number of nitrogens with two attached hydrogens (primary N) is 1. The molecule has 0 radical (unpaired) electrons. The predicted molar refractivity (Wildman–Crippen MR) is 84.6 cm³/mol. The molecule has 2 aromatic rings. The summed E-state index contributed by atoms with van der Waals surface area (Å²) < 4.78 is 0.729. The average Bonchev–Trinajstić information content (AvgIpc) is 2.80. The number of nitrogens with one attached hydrogen (secondary N) is 1. The van der Waals surface area contributed by atoms with E-state index in [9.17, 15) is 9.59 Å². The quantitative estimate of drug-likeness (QED) is 0.876. The second-order valence-corrected chi connectivity index (χ2v) is 7.55. The summed E-state index contributed by atoms with van der Waals surface area (Å²) in [5, 5.41) is 3.09. The van der Waals surface area contributed by atoms with Gasteiger partial charge >= 0.3 is 0 Å². The minimum Gasteiger partial charge on any atom is -0.365 e. The van der Waals surface area contributed by atoms with Gasteiger partial charge in [-0.3, -0.25) is 9.59 Å². The van der Waals surface area contributed by atoms with Gasteiger partial charge in [0.05, 0.1) is 15.5 Å². The number of thiophene rings is 2. The Hall–Kier alpha value is -1.08. The maximum Gasteiger partial charge on any atom is 0.258 e. The largest absolute Gasteiger partial charge is 0.365 e. The van der Waals surface area contributed by atoms with E-state index in [-0.39, 0.29) is 5.56 Å². The van der Waals surface area contributed by atoms with Crippen LogP contribution in [0.2, 0.25) is 8.67 Å². The molecule has 106 valence electrons. The van der Waals surface area contributed by atoms with Gasteiger partial charge < -0.3 is 11.1 Å². The van der Waals surface area contributed by atoms with Gasteiger partial charge in [0, 0.05) is 4.88 Å². The van der Waals surface area contributed by atoms with Crippen molar-refractivity contribution in [2.45, 2.75) is 13.8 Å². The van der Waals surface area contributed by atoms with E-state index in [0.29, 0.717) is 19.2 Å². The molecule has 0 aliphatic heterocycles. The highest BCUT2D eigenvalue weighted by molar-refractivity contribution is 7.20. The number of hydrogen-bond acceptors (Lipinski definition) is 4. The van der Waals surface area contributed by atoms with Gasteiger partial charge in [0.2, 0.25) is 0 Å². The Labute approximate surface area is 133 Å². The molecule has 0 aliphatic rings. The molecule has 2 heterocycles. The second kappa shape index (κ2) is 5.73. The van der Waals surface area contributed by atoms with E-state index < -0.39 is 11.8 Å². The van der Waals surface area contributed by atoms with E-state index in [0.717, 1.165) is 21.8 Å². The second-order valence-electron chi connectivity index (χ2n) is 4.04. The van der Waals surface area contributed by atoms with Crippen molar-refractivity contribution in [2.75, 3.05) is 5.32 Å². The van der Waals surface area contributed by atoms with Crippen molar-refractivity contribution >= 4 is 62.7 Å². The third kappa shape index (κ3) is 2.83. The molecule has 20 heavy (non-hydrogen) atoms. The van der Waals surface area contributed by atoms with E-state index in [1.807, 2.05) is 6.92 Å². The van der Waals surface area contributed by atoms with Crippen LogP contribution in [0.5, 0.6) is 0 Å². The fourth-order valence-corrected chi connectivity index (χ4v) is 4.20. The van der Waals surface area contributed by atoms with Crippen LogP contribution in [-0.4, -0.2) is 11.8 Å². The highest BCUT2D eigenvalue weighted by atomic mass is 35.5. The molecule has 0 aliphatic carbocycles. The first-order valence-corrected chi connectivity index (χ1v) is 7.86. The van der Waals surface area contributed by atoms with Crippen LogP contribution in [0.4, 0.5) is 5.00 Å². The van der Waals surface area contributed by atoms with Crippen LogP contribution in [0, 0.1) is 13.8 Å². The monoisotopic (exact) mass is 348 g/mol. The lowest BCUT2D eigenvalue weighted by Gasteiger charge is -2.04. The number of hydrogen-bond donors (Lipinski definition) is 2. The Morgan fingerprint density at radius 3 is 2.40 bits per heavy atom. The average molecular weight is 349 g/mol. The number of anilines is 1. The number of halogens is 2. The molecule has 0 bridgehead atoms. The molecule has 2 rings (SSSR count). The molecule has 0 unspecified atom stereocenters. The summed E-state index contributed by atoms with van der Waals surface area (Å²) in [6.45, 7) is 3.65. The Bertz CT molecular complexity index is 707. The zero-order valence-corrected chi connectivity index (χ0v) is 13.7. The number of primary amides is 1. The van der Waals surface area contributed by atoms with Crippen molar-refractivity contribution in [3.63, 3.8) is 0 Å². The van der Waals surface area contributed by atoms with Crippen LogP contribution in [0.1, 0.15) is 31.2 Å². The lowest BCUT2D eigenvalue weighted by Crippen LogP contribution is -2.17.